The molecule has 4 nitrogen and oxygen atoms in total. The summed E-state index contributed by atoms with van der Waals surface area (Å²) in [5.41, 5.74) is 5.93. The number of rotatable bonds is 7. The van der Waals surface area contributed by atoms with Crippen LogP contribution in [0.15, 0.2) is 76.9 Å². The van der Waals surface area contributed by atoms with Crippen molar-refractivity contribution in [2.24, 2.45) is 0 Å². The SMILES string of the molecule is CCC1(OC(C)=CC(C)OC)c2ccccc2-c2c3c4ccc(o4)c3c3ccccc3[n+]2C1(CC)CC. The largest absolute Gasteiger partial charge is 0.480 e. The number of aromatic nitrogens is 1. The zero-order valence-electron chi connectivity index (χ0n) is 22.7. The van der Waals surface area contributed by atoms with E-state index >= 15 is 0 Å². The van der Waals surface area contributed by atoms with Gasteiger partial charge in [0.05, 0.1) is 22.8 Å². The number of benzene rings is 3. The quantitative estimate of drug-likeness (QED) is 0.130. The molecule has 2 bridgehead atoms. The number of hydrogen-bond donors (Lipinski definition) is 0. The van der Waals surface area contributed by atoms with Crippen LogP contribution in [0.5, 0.6) is 0 Å². The molecule has 0 saturated carbocycles. The second-order valence-corrected chi connectivity index (χ2v) is 10.4. The summed E-state index contributed by atoms with van der Waals surface area (Å²) in [5.74, 6) is 0.891. The van der Waals surface area contributed by atoms with Crippen molar-refractivity contribution in [1.29, 1.82) is 0 Å². The number of para-hydroxylation sites is 1. The number of methoxy groups -OCH3 is 1. The lowest BCUT2D eigenvalue weighted by Crippen LogP contribution is -2.70. The number of ether oxygens (including phenoxy) is 2. The summed E-state index contributed by atoms with van der Waals surface area (Å²) in [6, 6.07) is 21.9. The fraction of sp³-hybridized carbons (Fsp3) is 0.364. The van der Waals surface area contributed by atoms with E-state index in [2.05, 4.69) is 99.0 Å². The lowest BCUT2D eigenvalue weighted by Gasteiger charge is -2.49. The fourth-order valence-corrected chi connectivity index (χ4v) is 7.23. The van der Waals surface area contributed by atoms with Gasteiger partial charge >= 0.3 is 0 Å². The molecule has 1 aliphatic heterocycles. The predicted molar refractivity (Wildman–Crippen MR) is 150 cm³/mol. The van der Waals surface area contributed by atoms with Gasteiger partial charge in [-0.2, -0.15) is 4.57 Å². The van der Waals surface area contributed by atoms with Gasteiger partial charge in [0.2, 0.25) is 16.7 Å². The van der Waals surface area contributed by atoms with E-state index < -0.39 is 5.60 Å². The second kappa shape index (κ2) is 8.59. The third-order valence-corrected chi connectivity index (χ3v) is 8.86. The van der Waals surface area contributed by atoms with Crippen LogP contribution >= 0.6 is 0 Å². The van der Waals surface area contributed by atoms with Gasteiger partial charge in [-0.25, -0.2) is 0 Å². The minimum Gasteiger partial charge on any atom is -0.480 e. The number of fused-ring (bicyclic) bond motifs is 12. The van der Waals surface area contributed by atoms with Gasteiger partial charge in [0.25, 0.3) is 0 Å². The number of allylic oxidation sites excluding steroid dienone is 1. The van der Waals surface area contributed by atoms with Gasteiger partial charge < -0.3 is 13.9 Å². The zero-order valence-corrected chi connectivity index (χ0v) is 22.7. The molecule has 5 aromatic rings. The monoisotopic (exact) mass is 494 g/mol. The minimum absolute atomic E-state index is 0.0256. The van der Waals surface area contributed by atoms with Crippen molar-refractivity contribution < 1.29 is 18.5 Å². The summed E-state index contributed by atoms with van der Waals surface area (Å²) in [4.78, 5) is 0. The van der Waals surface area contributed by atoms with Crippen molar-refractivity contribution in [3.63, 3.8) is 0 Å². The molecule has 2 aromatic carbocycles. The van der Waals surface area contributed by atoms with Gasteiger partial charge in [0, 0.05) is 37.0 Å². The minimum atomic E-state index is -0.568. The maximum atomic E-state index is 7.21. The Labute approximate surface area is 218 Å². The second-order valence-electron chi connectivity index (χ2n) is 10.4. The van der Waals surface area contributed by atoms with Crippen LogP contribution in [0.2, 0.25) is 0 Å². The summed E-state index contributed by atoms with van der Waals surface area (Å²) < 4.78 is 21.7. The summed E-state index contributed by atoms with van der Waals surface area (Å²) in [6.45, 7) is 11.0. The molecule has 4 heterocycles. The van der Waals surface area contributed by atoms with E-state index in [1.807, 2.05) is 6.92 Å². The average Bonchev–Trinajstić information content (AvgIpc) is 3.56. The van der Waals surface area contributed by atoms with E-state index in [-0.39, 0.29) is 11.6 Å². The topological polar surface area (TPSA) is 35.5 Å². The number of hydrogen-bond acceptors (Lipinski definition) is 3. The zero-order chi connectivity index (χ0) is 25.9. The van der Waals surface area contributed by atoms with Crippen molar-refractivity contribution >= 4 is 32.8 Å². The molecule has 190 valence electrons. The van der Waals surface area contributed by atoms with Crippen LogP contribution in [-0.4, -0.2) is 13.2 Å². The first-order chi connectivity index (χ1) is 18.0. The Morgan fingerprint density at radius 2 is 1.59 bits per heavy atom. The molecule has 6 rings (SSSR count). The van der Waals surface area contributed by atoms with Gasteiger partial charge in [-0.15, -0.1) is 0 Å². The Morgan fingerprint density at radius 1 is 0.919 bits per heavy atom. The first kappa shape index (κ1) is 24.0. The lowest BCUT2D eigenvalue weighted by molar-refractivity contribution is -0.756. The third-order valence-electron chi connectivity index (χ3n) is 8.86. The van der Waals surface area contributed by atoms with Crippen LogP contribution in [0.1, 0.15) is 59.4 Å². The first-order valence-electron chi connectivity index (χ1n) is 13.6. The van der Waals surface area contributed by atoms with Gasteiger partial charge in [0.15, 0.2) is 5.60 Å². The van der Waals surface area contributed by atoms with Crippen molar-refractivity contribution in [2.45, 2.75) is 71.1 Å². The van der Waals surface area contributed by atoms with E-state index in [0.29, 0.717) is 0 Å². The normalized spacial score (nSPS) is 19.9. The Morgan fingerprint density at radius 3 is 2.30 bits per heavy atom. The first-order valence-corrected chi connectivity index (χ1v) is 13.6. The van der Waals surface area contributed by atoms with Crippen molar-refractivity contribution in [1.82, 2.24) is 0 Å². The maximum absolute atomic E-state index is 7.21. The Balaban J connectivity index is 1.81. The number of pyridine rings is 1. The molecule has 0 aliphatic carbocycles. The van der Waals surface area contributed by atoms with Crippen molar-refractivity contribution in [3.8, 4) is 11.3 Å². The van der Waals surface area contributed by atoms with E-state index in [1.54, 1.807) is 7.11 Å². The summed E-state index contributed by atoms with van der Waals surface area (Å²) >= 11 is 0. The summed E-state index contributed by atoms with van der Waals surface area (Å²) in [5, 5.41) is 3.65. The molecule has 0 amide bonds. The highest BCUT2D eigenvalue weighted by atomic mass is 16.5. The summed E-state index contributed by atoms with van der Waals surface area (Å²) in [7, 11) is 1.74. The van der Waals surface area contributed by atoms with Crippen LogP contribution in [0, 0.1) is 0 Å². The average molecular weight is 495 g/mol. The molecular formula is C33H36NO3+. The predicted octanol–water partition coefficient (Wildman–Crippen LogP) is 8.22. The molecule has 0 fully saturated rings. The molecule has 37 heavy (non-hydrogen) atoms. The van der Waals surface area contributed by atoms with Crippen molar-refractivity contribution in [3.05, 3.63) is 78.1 Å². The molecule has 4 heteroatoms. The van der Waals surface area contributed by atoms with Crippen LogP contribution in [0.25, 0.3) is 44.1 Å². The highest BCUT2D eigenvalue weighted by molar-refractivity contribution is 6.22. The highest BCUT2D eigenvalue weighted by Crippen LogP contribution is 2.56. The van der Waals surface area contributed by atoms with Gasteiger partial charge in [-0.05, 0) is 50.6 Å². The molecular weight excluding hydrogens is 458 g/mol. The molecule has 0 radical (unpaired) electrons. The molecule has 3 aromatic heterocycles. The molecule has 2 unspecified atom stereocenters. The Bertz CT molecular complexity index is 1640. The van der Waals surface area contributed by atoms with Crippen LogP contribution in [0.4, 0.5) is 0 Å². The van der Waals surface area contributed by atoms with Crippen LogP contribution in [-0.2, 0) is 20.6 Å². The smallest absolute Gasteiger partial charge is 0.225 e. The van der Waals surface area contributed by atoms with Crippen LogP contribution < -0.4 is 4.57 Å². The molecule has 0 saturated heterocycles. The van der Waals surface area contributed by atoms with E-state index in [1.165, 1.54) is 38.5 Å². The number of nitrogens with zero attached hydrogens (tertiary/aromatic N) is 1. The van der Waals surface area contributed by atoms with Gasteiger partial charge in [-0.3, -0.25) is 0 Å². The molecule has 0 N–H and O–H groups in total. The lowest BCUT2D eigenvalue weighted by atomic mass is 9.65. The van der Waals surface area contributed by atoms with Gasteiger partial charge in [-0.1, -0.05) is 51.1 Å². The summed E-state index contributed by atoms with van der Waals surface area (Å²) in [6.07, 6.45) is 4.73. The maximum Gasteiger partial charge on any atom is 0.225 e. The molecule has 2 atom stereocenters. The van der Waals surface area contributed by atoms with E-state index in [0.717, 1.165) is 36.2 Å². The fourth-order valence-electron chi connectivity index (χ4n) is 7.23. The van der Waals surface area contributed by atoms with E-state index in [9.17, 15) is 0 Å². The Kier molecular flexibility index (Phi) is 5.57. The van der Waals surface area contributed by atoms with Crippen molar-refractivity contribution in [2.75, 3.05) is 7.11 Å². The number of furan rings is 2. The molecule has 0 spiro atoms. The van der Waals surface area contributed by atoms with Gasteiger partial charge in [0.1, 0.15) is 16.6 Å². The Hall–Kier alpha value is -3.37. The standard InChI is InChI=1S/C33H36NO3/c1-7-32(8-2)33(9-3,37-22(5)20-21(4)35-6)25-16-12-10-14-23(25)31-30-28-19-18-27(36-28)29(30)24-15-11-13-17-26(24)34(31)32/h10-21H,7-9H2,1-6H3/q+1. The highest BCUT2D eigenvalue weighted by Gasteiger charge is 2.64. The molecule has 1 aliphatic rings. The van der Waals surface area contributed by atoms with Crippen LogP contribution in [0.3, 0.4) is 0 Å². The third kappa shape index (κ3) is 3.02. The van der Waals surface area contributed by atoms with E-state index in [4.69, 9.17) is 13.9 Å².